The molecule has 6 heteroatoms. The SMILES string of the molecule is O=C(COc1ccc(Br)cc1)N/N=C/c1c(O)ccc2ccccc12. The van der Waals surface area contributed by atoms with Gasteiger partial charge in [-0.15, -0.1) is 0 Å². The summed E-state index contributed by atoms with van der Waals surface area (Å²) in [5, 5.41) is 15.8. The molecule has 2 N–H and O–H groups in total. The molecule has 0 unspecified atom stereocenters. The second-order valence-electron chi connectivity index (χ2n) is 5.26. The number of halogens is 1. The summed E-state index contributed by atoms with van der Waals surface area (Å²) in [6.45, 7) is -0.152. The standard InChI is InChI=1S/C19H15BrN2O3/c20-14-6-8-15(9-7-14)25-12-19(24)22-21-11-17-16-4-2-1-3-13(16)5-10-18(17)23/h1-11,23H,12H2,(H,22,24)/b21-11+. The molecule has 25 heavy (non-hydrogen) atoms. The molecule has 0 aromatic heterocycles. The van der Waals surface area contributed by atoms with Crippen LogP contribution in [0.4, 0.5) is 0 Å². The van der Waals surface area contributed by atoms with Gasteiger partial charge in [0.2, 0.25) is 0 Å². The fraction of sp³-hybridized carbons (Fsp3) is 0.0526. The average molecular weight is 399 g/mol. The number of benzene rings is 3. The minimum Gasteiger partial charge on any atom is -0.507 e. The summed E-state index contributed by atoms with van der Waals surface area (Å²) < 4.78 is 6.30. The molecule has 126 valence electrons. The lowest BCUT2D eigenvalue weighted by molar-refractivity contribution is -0.123. The Balaban J connectivity index is 1.62. The van der Waals surface area contributed by atoms with E-state index in [4.69, 9.17) is 4.74 Å². The molecule has 0 spiro atoms. The van der Waals surface area contributed by atoms with E-state index >= 15 is 0 Å². The highest BCUT2D eigenvalue weighted by molar-refractivity contribution is 9.10. The predicted octanol–water partition coefficient (Wildman–Crippen LogP) is 3.84. The van der Waals surface area contributed by atoms with Gasteiger partial charge < -0.3 is 9.84 Å². The van der Waals surface area contributed by atoms with E-state index < -0.39 is 0 Å². The Labute approximate surface area is 153 Å². The molecule has 0 heterocycles. The molecule has 0 fully saturated rings. The molecule has 3 aromatic rings. The zero-order valence-corrected chi connectivity index (χ0v) is 14.7. The van der Waals surface area contributed by atoms with E-state index in [1.165, 1.54) is 6.21 Å². The Kier molecular flexibility index (Phi) is 5.30. The number of hydrogen-bond donors (Lipinski definition) is 2. The minimum absolute atomic E-state index is 0.0998. The Morgan fingerprint density at radius 1 is 1.12 bits per heavy atom. The fourth-order valence-corrected chi connectivity index (χ4v) is 2.56. The smallest absolute Gasteiger partial charge is 0.277 e. The van der Waals surface area contributed by atoms with Gasteiger partial charge in [0.25, 0.3) is 5.91 Å². The number of hydrogen-bond acceptors (Lipinski definition) is 4. The topological polar surface area (TPSA) is 70.9 Å². The number of carbonyl (C=O) groups is 1. The van der Waals surface area contributed by atoms with Crippen LogP contribution in [0.25, 0.3) is 10.8 Å². The van der Waals surface area contributed by atoms with Crippen LogP contribution in [0.15, 0.2) is 70.2 Å². The number of ether oxygens (including phenoxy) is 1. The van der Waals surface area contributed by atoms with E-state index in [1.54, 1.807) is 18.2 Å². The van der Waals surface area contributed by atoms with E-state index in [-0.39, 0.29) is 18.3 Å². The minimum atomic E-state index is -0.390. The van der Waals surface area contributed by atoms with Gasteiger partial charge >= 0.3 is 0 Å². The molecule has 0 saturated carbocycles. The number of nitrogens with one attached hydrogen (secondary N) is 1. The van der Waals surface area contributed by atoms with Gasteiger partial charge in [-0.05, 0) is 41.1 Å². The van der Waals surface area contributed by atoms with E-state index in [1.807, 2.05) is 42.5 Å². The summed E-state index contributed by atoms with van der Waals surface area (Å²) in [6.07, 6.45) is 1.43. The number of phenols is 1. The number of rotatable bonds is 5. The molecule has 0 aliphatic heterocycles. The average Bonchev–Trinajstić information content (AvgIpc) is 2.63. The molecular formula is C19H15BrN2O3. The van der Waals surface area contributed by atoms with Gasteiger partial charge in [0.1, 0.15) is 11.5 Å². The first kappa shape index (κ1) is 17.0. The largest absolute Gasteiger partial charge is 0.507 e. The lowest BCUT2D eigenvalue weighted by Crippen LogP contribution is -2.24. The van der Waals surface area contributed by atoms with Crippen LogP contribution in [-0.2, 0) is 4.79 Å². The van der Waals surface area contributed by atoms with Crippen molar-refractivity contribution in [2.75, 3.05) is 6.61 Å². The third-order valence-corrected chi connectivity index (χ3v) is 4.04. The number of fused-ring (bicyclic) bond motifs is 1. The molecule has 0 saturated heterocycles. The Morgan fingerprint density at radius 2 is 1.88 bits per heavy atom. The molecule has 0 atom stereocenters. The van der Waals surface area contributed by atoms with E-state index in [9.17, 15) is 9.90 Å². The van der Waals surface area contributed by atoms with Crippen LogP contribution < -0.4 is 10.2 Å². The predicted molar refractivity (Wildman–Crippen MR) is 101 cm³/mol. The van der Waals surface area contributed by atoms with Gasteiger partial charge in [-0.25, -0.2) is 5.43 Å². The molecule has 0 aliphatic rings. The quantitative estimate of drug-likeness (QED) is 0.506. The molecule has 5 nitrogen and oxygen atoms in total. The van der Waals surface area contributed by atoms with Crippen molar-refractivity contribution in [2.24, 2.45) is 5.10 Å². The van der Waals surface area contributed by atoms with Crippen molar-refractivity contribution in [1.29, 1.82) is 0 Å². The highest BCUT2D eigenvalue weighted by Gasteiger charge is 2.05. The molecular weight excluding hydrogens is 384 g/mol. The Morgan fingerprint density at radius 3 is 2.68 bits per heavy atom. The van der Waals surface area contributed by atoms with Crippen LogP contribution in [-0.4, -0.2) is 23.8 Å². The van der Waals surface area contributed by atoms with E-state index in [0.717, 1.165) is 15.2 Å². The maximum absolute atomic E-state index is 11.8. The number of amides is 1. The normalized spacial score (nSPS) is 10.9. The van der Waals surface area contributed by atoms with Crippen LogP contribution in [0.1, 0.15) is 5.56 Å². The highest BCUT2D eigenvalue weighted by atomic mass is 79.9. The monoisotopic (exact) mass is 398 g/mol. The van der Waals surface area contributed by atoms with Gasteiger partial charge in [-0.1, -0.05) is 46.3 Å². The zero-order valence-electron chi connectivity index (χ0n) is 13.1. The highest BCUT2D eigenvalue weighted by Crippen LogP contribution is 2.25. The summed E-state index contributed by atoms with van der Waals surface area (Å²) in [7, 11) is 0. The molecule has 0 radical (unpaired) electrons. The van der Waals surface area contributed by atoms with Crippen molar-refractivity contribution in [3.63, 3.8) is 0 Å². The van der Waals surface area contributed by atoms with E-state index in [2.05, 4.69) is 26.5 Å². The molecule has 0 bridgehead atoms. The van der Waals surface area contributed by atoms with Gasteiger partial charge in [0.05, 0.1) is 6.21 Å². The third kappa shape index (κ3) is 4.36. The number of aromatic hydroxyl groups is 1. The van der Waals surface area contributed by atoms with Crippen molar-refractivity contribution in [2.45, 2.75) is 0 Å². The van der Waals surface area contributed by atoms with Crippen molar-refractivity contribution in [1.82, 2.24) is 5.43 Å². The Hall–Kier alpha value is -2.86. The zero-order chi connectivity index (χ0) is 17.6. The lowest BCUT2D eigenvalue weighted by Gasteiger charge is -2.06. The van der Waals surface area contributed by atoms with Crippen LogP contribution in [0.5, 0.6) is 11.5 Å². The van der Waals surface area contributed by atoms with Crippen LogP contribution in [0, 0.1) is 0 Å². The van der Waals surface area contributed by atoms with Gasteiger partial charge in [-0.2, -0.15) is 5.10 Å². The number of phenolic OH excluding ortho intramolecular Hbond substituents is 1. The Bertz CT molecular complexity index is 924. The first-order chi connectivity index (χ1) is 12.1. The molecule has 1 amide bonds. The summed E-state index contributed by atoms with van der Waals surface area (Å²) in [4.78, 5) is 11.8. The van der Waals surface area contributed by atoms with Crippen LogP contribution in [0.2, 0.25) is 0 Å². The lowest BCUT2D eigenvalue weighted by atomic mass is 10.0. The third-order valence-electron chi connectivity index (χ3n) is 3.51. The van der Waals surface area contributed by atoms with Crippen LogP contribution in [0.3, 0.4) is 0 Å². The first-order valence-electron chi connectivity index (χ1n) is 7.54. The molecule has 3 rings (SSSR count). The number of carbonyl (C=O) groups excluding carboxylic acids is 1. The number of hydrazone groups is 1. The summed E-state index contributed by atoms with van der Waals surface area (Å²) in [5.41, 5.74) is 2.94. The van der Waals surface area contributed by atoms with Crippen molar-refractivity contribution < 1.29 is 14.6 Å². The van der Waals surface area contributed by atoms with Crippen LogP contribution >= 0.6 is 15.9 Å². The van der Waals surface area contributed by atoms with Gasteiger partial charge in [0, 0.05) is 10.0 Å². The van der Waals surface area contributed by atoms with Gasteiger partial charge in [-0.3, -0.25) is 4.79 Å². The van der Waals surface area contributed by atoms with Crippen molar-refractivity contribution in [3.05, 3.63) is 70.7 Å². The fourth-order valence-electron chi connectivity index (χ4n) is 2.30. The second kappa shape index (κ2) is 7.81. The number of nitrogens with zero attached hydrogens (tertiary/aromatic N) is 1. The summed E-state index contributed by atoms with van der Waals surface area (Å²) >= 11 is 3.33. The second-order valence-corrected chi connectivity index (χ2v) is 6.17. The first-order valence-corrected chi connectivity index (χ1v) is 8.34. The van der Waals surface area contributed by atoms with Gasteiger partial charge in [0.15, 0.2) is 6.61 Å². The van der Waals surface area contributed by atoms with Crippen molar-refractivity contribution >= 4 is 38.8 Å². The summed E-state index contributed by atoms with van der Waals surface area (Å²) in [6, 6.07) is 18.2. The molecule has 3 aromatic carbocycles. The maximum atomic E-state index is 11.8. The maximum Gasteiger partial charge on any atom is 0.277 e. The molecule has 0 aliphatic carbocycles. The summed E-state index contributed by atoms with van der Waals surface area (Å²) in [5.74, 6) is 0.302. The van der Waals surface area contributed by atoms with E-state index in [0.29, 0.717) is 11.3 Å². The van der Waals surface area contributed by atoms with Crippen molar-refractivity contribution in [3.8, 4) is 11.5 Å².